The number of nitrogens with two attached hydrogens (primary N) is 1. The monoisotopic (exact) mass is 241 g/mol. The second kappa shape index (κ2) is 7.12. The summed E-state index contributed by atoms with van der Waals surface area (Å²) in [4.78, 5) is 0. The maximum atomic E-state index is 13.1. The highest BCUT2D eigenvalue weighted by Gasteiger charge is 2.05. The van der Waals surface area contributed by atoms with Crippen molar-refractivity contribution < 1.29 is 13.9 Å². The lowest BCUT2D eigenvalue weighted by Gasteiger charge is -2.10. The number of rotatable bonds is 7. The molecule has 0 aliphatic carbocycles. The highest BCUT2D eigenvalue weighted by atomic mass is 19.1. The highest BCUT2D eigenvalue weighted by molar-refractivity contribution is 5.54. The van der Waals surface area contributed by atoms with Gasteiger partial charge in [0.2, 0.25) is 0 Å². The molecular weight excluding hydrogens is 221 g/mol. The number of hydrogen-bond donors (Lipinski definition) is 1. The third kappa shape index (κ3) is 4.61. The minimum Gasteiger partial charge on any atom is -0.489 e. The van der Waals surface area contributed by atoms with Crippen molar-refractivity contribution in [2.24, 2.45) is 0 Å². The molecule has 1 aromatic carbocycles. The zero-order chi connectivity index (χ0) is 12.7. The zero-order valence-corrected chi connectivity index (χ0v) is 10.5. The normalized spacial score (nSPS) is 10.5. The average Bonchev–Trinajstić information content (AvgIpc) is 2.30. The number of unbranched alkanes of at least 4 members (excludes halogenated alkanes) is 1. The van der Waals surface area contributed by atoms with Gasteiger partial charge in [0.1, 0.15) is 18.2 Å². The van der Waals surface area contributed by atoms with Gasteiger partial charge in [0.25, 0.3) is 0 Å². The first-order valence-electron chi connectivity index (χ1n) is 5.91. The molecule has 96 valence electrons. The van der Waals surface area contributed by atoms with Crippen molar-refractivity contribution in [3.8, 4) is 5.75 Å². The van der Waals surface area contributed by atoms with Crippen LogP contribution in [0.4, 0.5) is 10.1 Å². The third-order valence-corrected chi connectivity index (χ3v) is 2.42. The summed E-state index contributed by atoms with van der Waals surface area (Å²) in [5, 5.41) is 0. The Morgan fingerprint density at radius 1 is 1.24 bits per heavy atom. The van der Waals surface area contributed by atoms with E-state index in [0.29, 0.717) is 30.2 Å². The van der Waals surface area contributed by atoms with Gasteiger partial charge in [-0.3, -0.25) is 0 Å². The van der Waals surface area contributed by atoms with Crippen LogP contribution in [0.3, 0.4) is 0 Å². The van der Waals surface area contributed by atoms with Crippen LogP contribution in [-0.4, -0.2) is 19.8 Å². The van der Waals surface area contributed by atoms with Crippen molar-refractivity contribution in [1.29, 1.82) is 0 Å². The first-order valence-corrected chi connectivity index (χ1v) is 5.91. The van der Waals surface area contributed by atoms with Crippen LogP contribution in [0.25, 0.3) is 0 Å². The Labute approximate surface area is 102 Å². The van der Waals surface area contributed by atoms with Gasteiger partial charge in [-0.15, -0.1) is 0 Å². The Bertz CT molecular complexity index is 356. The van der Waals surface area contributed by atoms with E-state index in [0.717, 1.165) is 19.4 Å². The summed E-state index contributed by atoms with van der Waals surface area (Å²) in [5.74, 6) is 0.206. The van der Waals surface area contributed by atoms with Crippen molar-refractivity contribution in [2.75, 3.05) is 25.6 Å². The quantitative estimate of drug-likeness (QED) is 0.589. The molecule has 0 aliphatic rings. The number of anilines is 1. The lowest BCUT2D eigenvalue weighted by atomic mass is 10.2. The Kier molecular flexibility index (Phi) is 5.77. The second-order valence-electron chi connectivity index (χ2n) is 3.95. The number of benzene rings is 1. The van der Waals surface area contributed by atoms with Crippen LogP contribution in [0.1, 0.15) is 25.3 Å². The molecule has 0 aromatic heterocycles. The maximum absolute atomic E-state index is 13.1. The summed E-state index contributed by atoms with van der Waals surface area (Å²) in [5.41, 5.74) is 6.50. The van der Waals surface area contributed by atoms with Crippen molar-refractivity contribution >= 4 is 5.69 Å². The topological polar surface area (TPSA) is 44.5 Å². The lowest BCUT2D eigenvalue weighted by molar-refractivity contribution is 0.0982. The molecule has 2 N–H and O–H groups in total. The van der Waals surface area contributed by atoms with E-state index in [9.17, 15) is 4.39 Å². The van der Waals surface area contributed by atoms with Crippen molar-refractivity contribution in [3.05, 3.63) is 23.5 Å². The Balaban J connectivity index is 2.34. The molecule has 0 heterocycles. The molecule has 1 aromatic rings. The van der Waals surface area contributed by atoms with Gasteiger partial charge in [-0.25, -0.2) is 4.39 Å². The molecular formula is C13H20FNO2. The number of aryl methyl sites for hydroxylation is 1. The van der Waals surface area contributed by atoms with Gasteiger partial charge in [0.05, 0.1) is 12.3 Å². The van der Waals surface area contributed by atoms with Crippen LogP contribution in [-0.2, 0) is 4.74 Å². The van der Waals surface area contributed by atoms with E-state index in [1.165, 1.54) is 6.07 Å². The molecule has 0 unspecified atom stereocenters. The Morgan fingerprint density at radius 3 is 2.71 bits per heavy atom. The Hall–Kier alpha value is -1.29. The molecule has 0 fully saturated rings. The number of hydrogen-bond acceptors (Lipinski definition) is 3. The fraction of sp³-hybridized carbons (Fsp3) is 0.538. The lowest BCUT2D eigenvalue weighted by Crippen LogP contribution is -2.09. The van der Waals surface area contributed by atoms with Gasteiger partial charge in [-0.05, 0) is 25.0 Å². The van der Waals surface area contributed by atoms with Crippen LogP contribution in [0.15, 0.2) is 12.1 Å². The summed E-state index contributed by atoms with van der Waals surface area (Å²) < 4.78 is 23.9. The van der Waals surface area contributed by atoms with Gasteiger partial charge in [-0.2, -0.15) is 0 Å². The van der Waals surface area contributed by atoms with Gasteiger partial charge in [0.15, 0.2) is 0 Å². The summed E-state index contributed by atoms with van der Waals surface area (Å²) >= 11 is 0. The van der Waals surface area contributed by atoms with Crippen LogP contribution in [0, 0.1) is 12.7 Å². The summed E-state index contributed by atoms with van der Waals surface area (Å²) in [7, 11) is 0. The Morgan fingerprint density at radius 2 is 2.00 bits per heavy atom. The van der Waals surface area contributed by atoms with E-state index in [1.54, 1.807) is 13.0 Å². The van der Waals surface area contributed by atoms with Gasteiger partial charge in [0, 0.05) is 12.7 Å². The fourth-order valence-corrected chi connectivity index (χ4v) is 1.35. The van der Waals surface area contributed by atoms with Crippen molar-refractivity contribution in [1.82, 2.24) is 0 Å². The molecule has 4 heteroatoms. The van der Waals surface area contributed by atoms with E-state index >= 15 is 0 Å². The molecule has 0 saturated heterocycles. The molecule has 0 bridgehead atoms. The average molecular weight is 241 g/mol. The van der Waals surface area contributed by atoms with E-state index in [-0.39, 0.29) is 5.82 Å². The number of nitrogen functional groups attached to an aromatic ring is 1. The van der Waals surface area contributed by atoms with E-state index in [4.69, 9.17) is 15.2 Å². The van der Waals surface area contributed by atoms with Crippen LogP contribution in [0.5, 0.6) is 5.75 Å². The molecule has 0 amide bonds. The first-order chi connectivity index (χ1) is 8.15. The predicted molar refractivity (Wildman–Crippen MR) is 66.8 cm³/mol. The van der Waals surface area contributed by atoms with Gasteiger partial charge in [-0.1, -0.05) is 13.3 Å². The maximum Gasteiger partial charge on any atom is 0.142 e. The largest absolute Gasteiger partial charge is 0.489 e. The minimum absolute atomic E-state index is 0.311. The SMILES string of the molecule is CCCCOCCOc1cc(C)c(F)cc1N. The molecule has 17 heavy (non-hydrogen) atoms. The molecule has 0 aliphatic heterocycles. The van der Waals surface area contributed by atoms with Gasteiger partial charge < -0.3 is 15.2 Å². The van der Waals surface area contributed by atoms with Gasteiger partial charge >= 0.3 is 0 Å². The van der Waals surface area contributed by atoms with Crippen LogP contribution in [0.2, 0.25) is 0 Å². The molecule has 0 saturated carbocycles. The van der Waals surface area contributed by atoms with Crippen molar-refractivity contribution in [2.45, 2.75) is 26.7 Å². The second-order valence-corrected chi connectivity index (χ2v) is 3.95. The predicted octanol–water partition coefficient (Wildman–Crippen LogP) is 2.91. The molecule has 1 rings (SSSR count). The van der Waals surface area contributed by atoms with Crippen LogP contribution >= 0.6 is 0 Å². The molecule has 3 nitrogen and oxygen atoms in total. The molecule has 0 spiro atoms. The van der Waals surface area contributed by atoms with E-state index in [2.05, 4.69) is 6.92 Å². The molecule has 0 radical (unpaired) electrons. The van der Waals surface area contributed by atoms with Crippen molar-refractivity contribution in [3.63, 3.8) is 0 Å². The molecule has 0 atom stereocenters. The van der Waals surface area contributed by atoms with E-state index in [1.807, 2.05) is 0 Å². The first kappa shape index (κ1) is 13.8. The zero-order valence-electron chi connectivity index (χ0n) is 10.5. The smallest absolute Gasteiger partial charge is 0.142 e. The van der Waals surface area contributed by atoms with E-state index < -0.39 is 0 Å². The minimum atomic E-state index is -0.311. The summed E-state index contributed by atoms with van der Waals surface area (Å²) in [6.45, 7) is 5.49. The van der Waals surface area contributed by atoms with Crippen LogP contribution < -0.4 is 10.5 Å². The standard InChI is InChI=1S/C13H20FNO2/c1-3-4-5-16-6-7-17-13-8-10(2)11(14)9-12(13)15/h8-9H,3-7,15H2,1-2H3. The fourth-order valence-electron chi connectivity index (χ4n) is 1.35. The summed E-state index contributed by atoms with van der Waals surface area (Å²) in [6.07, 6.45) is 2.17. The summed E-state index contributed by atoms with van der Waals surface area (Å²) in [6, 6.07) is 2.89. The number of ether oxygens (including phenoxy) is 2. The highest BCUT2D eigenvalue weighted by Crippen LogP contribution is 2.24. The number of halogens is 1. The third-order valence-electron chi connectivity index (χ3n) is 2.42.